The van der Waals surface area contributed by atoms with E-state index in [0.29, 0.717) is 0 Å². The lowest BCUT2D eigenvalue weighted by molar-refractivity contribution is -0.120. The number of carbonyl (C=O) groups excluding carboxylic acids is 1. The maximum atomic E-state index is 11.6. The highest BCUT2D eigenvalue weighted by molar-refractivity contribution is 5.86. The van der Waals surface area contributed by atoms with E-state index in [1.165, 1.54) is 0 Å². The molecule has 0 saturated carbocycles. The molecular formula is C17H20N2O3. The van der Waals surface area contributed by atoms with Crippen molar-refractivity contribution in [2.24, 2.45) is 0 Å². The molecule has 2 unspecified atom stereocenters. The Kier molecular flexibility index (Phi) is 3.98. The van der Waals surface area contributed by atoms with Crippen LogP contribution >= 0.6 is 0 Å². The second kappa shape index (κ2) is 5.93. The number of benzene rings is 1. The van der Waals surface area contributed by atoms with Crippen LogP contribution in [0.1, 0.15) is 13.3 Å². The number of hydrogen-bond acceptors (Lipinski definition) is 5. The van der Waals surface area contributed by atoms with Gasteiger partial charge in [0.25, 0.3) is 0 Å². The van der Waals surface area contributed by atoms with Gasteiger partial charge in [0.1, 0.15) is 23.4 Å². The van der Waals surface area contributed by atoms with E-state index in [0.717, 1.165) is 35.4 Å². The Morgan fingerprint density at radius 2 is 2.18 bits per heavy atom. The zero-order valence-electron chi connectivity index (χ0n) is 13.1. The molecule has 3 rings (SSSR count). The Labute approximate surface area is 129 Å². The molecule has 1 aliphatic rings. The van der Waals surface area contributed by atoms with Crippen LogP contribution in [-0.4, -0.2) is 48.5 Å². The van der Waals surface area contributed by atoms with E-state index in [1.54, 1.807) is 20.2 Å². The van der Waals surface area contributed by atoms with Crippen LogP contribution in [0.4, 0.5) is 0 Å². The summed E-state index contributed by atoms with van der Waals surface area (Å²) in [7, 11) is 3.60. The maximum Gasteiger partial charge on any atom is 0.147 e. The summed E-state index contributed by atoms with van der Waals surface area (Å²) in [5.41, 5.74) is 0.839. The van der Waals surface area contributed by atoms with E-state index in [4.69, 9.17) is 9.47 Å². The van der Waals surface area contributed by atoms with Crippen molar-refractivity contribution in [1.82, 2.24) is 9.88 Å². The molecule has 0 aliphatic carbocycles. The molecule has 0 bridgehead atoms. The fraction of sp³-hybridized carbons (Fsp3) is 0.412. The number of likely N-dealkylation sites (tertiary alicyclic amines) is 1. The van der Waals surface area contributed by atoms with Gasteiger partial charge in [0.2, 0.25) is 0 Å². The monoisotopic (exact) mass is 300 g/mol. The van der Waals surface area contributed by atoms with Crippen LogP contribution in [0.5, 0.6) is 11.5 Å². The third-order valence-corrected chi connectivity index (χ3v) is 4.18. The molecule has 1 saturated heterocycles. The number of Topliss-reactive ketones (excluding diaryl/α,β-unsaturated/α-hetero) is 1. The summed E-state index contributed by atoms with van der Waals surface area (Å²) < 4.78 is 11.4. The van der Waals surface area contributed by atoms with Crippen LogP contribution in [0.3, 0.4) is 0 Å². The predicted octanol–water partition coefficient (Wildman–Crippen LogP) is 2.28. The van der Waals surface area contributed by atoms with Crippen LogP contribution in [0, 0.1) is 0 Å². The number of rotatable bonds is 4. The molecule has 5 heteroatoms. The van der Waals surface area contributed by atoms with Gasteiger partial charge in [-0.25, -0.2) is 0 Å². The lowest BCUT2D eigenvalue weighted by Gasteiger charge is -2.15. The number of ether oxygens (including phenoxy) is 2. The van der Waals surface area contributed by atoms with Crippen LogP contribution in [-0.2, 0) is 4.79 Å². The molecule has 116 valence electrons. The van der Waals surface area contributed by atoms with E-state index in [9.17, 15) is 4.79 Å². The number of ketones is 1. The third kappa shape index (κ3) is 2.76. The number of methoxy groups -OCH3 is 1. The van der Waals surface area contributed by atoms with Crippen molar-refractivity contribution < 1.29 is 14.3 Å². The number of pyridine rings is 1. The summed E-state index contributed by atoms with van der Waals surface area (Å²) in [6, 6.07) is 7.57. The van der Waals surface area contributed by atoms with E-state index in [1.807, 2.05) is 31.3 Å². The van der Waals surface area contributed by atoms with E-state index >= 15 is 0 Å². The molecule has 2 heterocycles. The highest BCUT2D eigenvalue weighted by Gasteiger charge is 2.33. The second-order valence-corrected chi connectivity index (χ2v) is 5.73. The summed E-state index contributed by atoms with van der Waals surface area (Å²) in [4.78, 5) is 18.0. The van der Waals surface area contributed by atoms with Gasteiger partial charge in [-0.3, -0.25) is 14.7 Å². The highest BCUT2D eigenvalue weighted by Crippen LogP contribution is 2.30. The SMILES string of the molecule is COc1ccc2c(OC3CC(C(C)=O)N(C)C3)ccnc2c1. The molecule has 1 aliphatic heterocycles. The van der Waals surface area contributed by atoms with Crippen molar-refractivity contribution in [2.45, 2.75) is 25.5 Å². The van der Waals surface area contributed by atoms with Gasteiger partial charge in [0.05, 0.1) is 18.7 Å². The Morgan fingerprint density at radius 3 is 2.86 bits per heavy atom. The third-order valence-electron chi connectivity index (χ3n) is 4.18. The van der Waals surface area contributed by atoms with E-state index in [2.05, 4.69) is 9.88 Å². The number of hydrogen-bond donors (Lipinski definition) is 0. The molecule has 0 radical (unpaired) electrons. The largest absolute Gasteiger partial charge is 0.497 e. The average molecular weight is 300 g/mol. The van der Waals surface area contributed by atoms with Gasteiger partial charge >= 0.3 is 0 Å². The lowest BCUT2D eigenvalue weighted by atomic mass is 10.1. The summed E-state index contributed by atoms with van der Waals surface area (Å²) in [6.45, 7) is 2.39. The molecular weight excluding hydrogens is 280 g/mol. The first-order valence-electron chi connectivity index (χ1n) is 7.38. The quantitative estimate of drug-likeness (QED) is 0.867. The molecule has 2 aromatic rings. The zero-order valence-corrected chi connectivity index (χ0v) is 13.1. The zero-order chi connectivity index (χ0) is 15.7. The van der Waals surface area contributed by atoms with Crippen LogP contribution in [0.15, 0.2) is 30.5 Å². The summed E-state index contributed by atoms with van der Waals surface area (Å²) in [5, 5.41) is 0.956. The van der Waals surface area contributed by atoms with E-state index < -0.39 is 0 Å². The first-order chi connectivity index (χ1) is 10.6. The summed E-state index contributed by atoms with van der Waals surface area (Å²) >= 11 is 0. The molecule has 0 spiro atoms. The molecule has 0 N–H and O–H groups in total. The summed E-state index contributed by atoms with van der Waals surface area (Å²) in [5.74, 6) is 1.77. The predicted molar refractivity (Wildman–Crippen MR) is 84.4 cm³/mol. The topological polar surface area (TPSA) is 51.7 Å². The van der Waals surface area contributed by atoms with Crippen molar-refractivity contribution in [3.8, 4) is 11.5 Å². The van der Waals surface area contributed by atoms with Crippen molar-refractivity contribution in [3.05, 3.63) is 30.5 Å². The van der Waals surface area contributed by atoms with Gasteiger partial charge in [0, 0.05) is 30.6 Å². The number of nitrogens with zero attached hydrogens (tertiary/aromatic N) is 2. The molecule has 2 atom stereocenters. The van der Waals surface area contributed by atoms with Gasteiger partial charge in [0.15, 0.2) is 0 Å². The molecule has 22 heavy (non-hydrogen) atoms. The van der Waals surface area contributed by atoms with Gasteiger partial charge in [-0.15, -0.1) is 0 Å². The standard InChI is InChI=1S/C17H20N2O3/c1-11(20)16-9-13(10-19(16)2)22-17-6-7-18-15-8-12(21-3)4-5-14(15)17/h4-8,13,16H,9-10H2,1-3H3. The van der Waals surface area contributed by atoms with Gasteiger partial charge < -0.3 is 9.47 Å². The van der Waals surface area contributed by atoms with Gasteiger partial charge in [-0.1, -0.05) is 0 Å². The number of aromatic nitrogens is 1. The number of fused-ring (bicyclic) bond motifs is 1. The summed E-state index contributed by atoms with van der Waals surface area (Å²) in [6.07, 6.45) is 2.48. The Morgan fingerprint density at radius 1 is 1.36 bits per heavy atom. The average Bonchev–Trinajstić information content (AvgIpc) is 2.88. The molecule has 5 nitrogen and oxygen atoms in total. The minimum atomic E-state index is -0.0433. The van der Waals surface area contributed by atoms with Crippen molar-refractivity contribution in [3.63, 3.8) is 0 Å². The number of likely N-dealkylation sites (N-methyl/N-ethyl adjacent to an activating group) is 1. The lowest BCUT2D eigenvalue weighted by Crippen LogP contribution is -2.31. The second-order valence-electron chi connectivity index (χ2n) is 5.73. The maximum absolute atomic E-state index is 11.6. The minimum absolute atomic E-state index is 0.0200. The van der Waals surface area contributed by atoms with Crippen molar-refractivity contribution in [2.75, 3.05) is 20.7 Å². The van der Waals surface area contributed by atoms with Crippen LogP contribution < -0.4 is 9.47 Å². The Hall–Kier alpha value is -2.14. The molecule has 1 fully saturated rings. The van der Waals surface area contributed by atoms with Gasteiger partial charge in [-0.05, 0) is 32.2 Å². The Balaban J connectivity index is 1.84. The Bertz CT molecular complexity index is 701. The highest BCUT2D eigenvalue weighted by atomic mass is 16.5. The number of carbonyl (C=O) groups is 1. The fourth-order valence-electron chi connectivity index (χ4n) is 3.02. The van der Waals surface area contributed by atoms with E-state index in [-0.39, 0.29) is 17.9 Å². The van der Waals surface area contributed by atoms with Crippen molar-refractivity contribution in [1.29, 1.82) is 0 Å². The van der Waals surface area contributed by atoms with Crippen LogP contribution in [0.2, 0.25) is 0 Å². The first-order valence-corrected chi connectivity index (χ1v) is 7.38. The van der Waals surface area contributed by atoms with Crippen LogP contribution in [0.25, 0.3) is 10.9 Å². The fourth-order valence-corrected chi connectivity index (χ4v) is 3.02. The molecule has 0 amide bonds. The van der Waals surface area contributed by atoms with Crippen molar-refractivity contribution >= 4 is 16.7 Å². The smallest absolute Gasteiger partial charge is 0.147 e. The minimum Gasteiger partial charge on any atom is -0.497 e. The molecule has 1 aromatic carbocycles. The first kappa shape index (κ1) is 14.8. The normalized spacial score (nSPS) is 22.0. The molecule has 1 aromatic heterocycles. The van der Waals surface area contributed by atoms with Gasteiger partial charge in [-0.2, -0.15) is 0 Å².